The average Bonchev–Trinajstić information content (AvgIpc) is 3.10. The molecule has 0 bridgehead atoms. The monoisotopic (exact) mass is 349 g/mol. The maximum Gasteiger partial charge on any atom is 0.319 e. The van der Waals surface area contributed by atoms with Crippen molar-refractivity contribution in [1.29, 1.82) is 0 Å². The molecule has 1 aromatic heterocycles. The molecule has 24 heavy (non-hydrogen) atoms. The number of carbonyl (C=O) groups is 1. The minimum absolute atomic E-state index is 0.163. The Labute approximate surface area is 140 Å². The van der Waals surface area contributed by atoms with E-state index in [9.17, 15) is 13.2 Å². The first-order valence-electron chi connectivity index (χ1n) is 7.57. The molecule has 0 radical (unpaired) electrons. The Balaban J connectivity index is 1.63. The number of benzene rings is 1. The fraction of sp³-hybridized carbons (Fsp3) is 0.333. The number of nitrogens with zero attached hydrogens (tertiary/aromatic N) is 3. The lowest BCUT2D eigenvalue weighted by Gasteiger charge is -2.17. The van der Waals surface area contributed by atoms with Gasteiger partial charge in [-0.15, -0.1) is 0 Å². The van der Waals surface area contributed by atoms with Gasteiger partial charge < -0.3 is 10.6 Å². The Kier molecular flexibility index (Phi) is 4.43. The van der Waals surface area contributed by atoms with Crippen LogP contribution in [0.2, 0.25) is 0 Å². The second kappa shape index (κ2) is 6.52. The van der Waals surface area contributed by atoms with Crippen LogP contribution in [0.5, 0.6) is 0 Å². The standard InChI is InChI=1S/C15H19N5O3S/c1-19-11-12(10-17-19)9-16-15(21)18-13-4-2-5-14(8-13)20-6-3-7-24(20,22)23/h2,4-5,8,10-11H,3,6-7,9H2,1H3,(H2,16,18,21). The number of urea groups is 1. The van der Waals surface area contributed by atoms with E-state index in [0.717, 1.165) is 5.56 Å². The maximum absolute atomic E-state index is 12.0. The number of rotatable bonds is 4. The van der Waals surface area contributed by atoms with Gasteiger partial charge in [0.15, 0.2) is 0 Å². The van der Waals surface area contributed by atoms with E-state index in [2.05, 4.69) is 15.7 Å². The molecule has 1 aliphatic rings. The van der Waals surface area contributed by atoms with Gasteiger partial charge in [0.25, 0.3) is 0 Å². The Morgan fingerprint density at radius 2 is 2.21 bits per heavy atom. The van der Waals surface area contributed by atoms with Crippen LogP contribution in [0, 0.1) is 0 Å². The van der Waals surface area contributed by atoms with Crippen LogP contribution in [0.25, 0.3) is 0 Å². The molecule has 0 atom stereocenters. The fourth-order valence-electron chi connectivity index (χ4n) is 2.59. The van der Waals surface area contributed by atoms with Crippen LogP contribution in [0.4, 0.5) is 16.2 Å². The van der Waals surface area contributed by atoms with Gasteiger partial charge in [0.1, 0.15) is 0 Å². The molecule has 0 aliphatic carbocycles. The maximum atomic E-state index is 12.0. The third-order valence-electron chi connectivity index (χ3n) is 3.70. The van der Waals surface area contributed by atoms with E-state index in [4.69, 9.17) is 0 Å². The van der Waals surface area contributed by atoms with Gasteiger partial charge in [-0.25, -0.2) is 13.2 Å². The number of amides is 2. The van der Waals surface area contributed by atoms with Gasteiger partial charge in [-0.05, 0) is 24.6 Å². The van der Waals surface area contributed by atoms with E-state index in [1.54, 1.807) is 35.1 Å². The largest absolute Gasteiger partial charge is 0.334 e. The van der Waals surface area contributed by atoms with Gasteiger partial charge >= 0.3 is 6.03 Å². The van der Waals surface area contributed by atoms with E-state index < -0.39 is 10.0 Å². The lowest BCUT2D eigenvalue weighted by molar-refractivity contribution is 0.251. The Morgan fingerprint density at radius 1 is 1.38 bits per heavy atom. The first kappa shape index (κ1) is 16.3. The molecule has 9 heteroatoms. The zero-order chi connectivity index (χ0) is 17.2. The van der Waals surface area contributed by atoms with Crippen LogP contribution in [0.3, 0.4) is 0 Å². The zero-order valence-electron chi connectivity index (χ0n) is 13.3. The van der Waals surface area contributed by atoms with Crippen LogP contribution in [0.15, 0.2) is 36.7 Å². The quantitative estimate of drug-likeness (QED) is 0.869. The number of hydrogen-bond acceptors (Lipinski definition) is 4. The van der Waals surface area contributed by atoms with Crippen LogP contribution in [-0.2, 0) is 23.6 Å². The van der Waals surface area contributed by atoms with Gasteiger partial charge in [0.2, 0.25) is 10.0 Å². The minimum Gasteiger partial charge on any atom is -0.334 e. The van der Waals surface area contributed by atoms with Gasteiger partial charge in [-0.3, -0.25) is 8.99 Å². The summed E-state index contributed by atoms with van der Waals surface area (Å²) in [6.07, 6.45) is 4.11. The van der Waals surface area contributed by atoms with Gasteiger partial charge in [-0.1, -0.05) is 6.07 Å². The van der Waals surface area contributed by atoms with Gasteiger partial charge in [0, 0.05) is 37.6 Å². The molecule has 1 aromatic carbocycles. The van der Waals surface area contributed by atoms with Crippen molar-refractivity contribution in [3.05, 3.63) is 42.2 Å². The summed E-state index contributed by atoms with van der Waals surface area (Å²) in [7, 11) is -1.43. The number of anilines is 2. The highest BCUT2D eigenvalue weighted by Gasteiger charge is 2.28. The molecule has 8 nitrogen and oxygen atoms in total. The summed E-state index contributed by atoms with van der Waals surface area (Å²) in [4.78, 5) is 12.0. The Hall–Kier alpha value is -2.55. The molecule has 3 rings (SSSR count). The SMILES string of the molecule is Cn1cc(CNC(=O)Nc2cccc(N3CCCS3(=O)=O)c2)cn1. The van der Waals surface area contributed by atoms with Gasteiger partial charge in [-0.2, -0.15) is 5.10 Å². The Bertz CT molecular complexity index is 846. The molecule has 2 heterocycles. The van der Waals surface area contributed by atoms with Crippen molar-refractivity contribution in [1.82, 2.24) is 15.1 Å². The summed E-state index contributed by atoms with van der Waals surface area (Å²) in [5, 5.41) is 9.47. The third kappa shape index (κ3) is 3.67. The number of aromatic nitrogens is 2. The average molecular weight is 349 g/mol. The molecule has 1 fully saturated rings. The second-order valence-electron chi connectivity index (χ2n) is 5.62. The molecular formula is C15H19N5O3S. The van der Waals surface area contributed by atoms with E-state index in [1.807, 2.05) is 13.2 Å². The van der Waals surface area contributed by atoms with Crippen molar-refractivity contribution < 1.29 is 13.2 Å². The smallest absolute Gasteiger partial charge is 0.319 e. The highest BCUT2D eigenvalue weighted by molar-refractivity contribution is 7.93. The number of sulfonamides is 1. The number of carbonyl (C=O) groups excluding carboxylic acids is 1. The number of hydrogen-bond donors (Lipinski definition) is 2. The molecular weight excluding hydrogens is 330 g/mol. The van der Waals surface area contributed by atoms with E-state index in [-0.39, 0.29) is 11.8 Å². The molecule has 0 saturated carbocycles. The summed E-state index contributed by atoms with van der Waals surface area (Å²) >= 11 is 0. The predicted octanol–water partition coefficient (Wildman–Crippen LogP) is 1.28. The summed E-state index contributed by atoms with van der Waals surface area (Å²) in [5.74, 6) is 0.163. The Morgan fingerprint density at radius 3 is 2.88 bits per heavy atom. The zero-order valence-corrected chi connectivity index (χ0v) is 14.1. The normalized spacial score (nSPS) is 16.1. The highest BCUT2D eigenvalue weighted by Crippen LogP contribution is 2.26. The minimum atomic E-state index is -3.23. The molecule has 1 aliphatic heterocycles. The first-order chi connectivity index (χ1) is 11.4. The summed E-state index contributed by atoms with van der Waals surface area (Å²) in [6.45, 7) is 0.832. The number of aryl methyl sites for hydroxylation is 1. The van der Waals surface area contributed by atoms with E-state index in [1.165, 1.54) is 4.31 Å². The molecule has 0 unspecified atom stereocenters. The van der Waals surface area contributed by atoms with Gasteiger partial charge in [0.05, 0.1) is 17.6 Å². The molecule has 1 saturated heterocycles. The van der Waals surface area contributed by atoms with Crippen LogP contribution in [0.1, 0.15) is 12.0 Å². The van der Waals surface area contributed by atoms with Crippen molar-refractivity contribution in [2.75, 3.05) is 21.9 Å². The van der Waals surface area contributed by atoms with Crippen LogP contribution >= 0.6 is 0 Å². The number of nitrogens with one attached hydrogen (secondary N) is 2. The van der Waals surface area contributed by atoms with Crippen LogP contribution < -0.4 is 14.9 Å². The first-order valence-corrected chi connectivity index (χ1v) is 9.18. The van der Waals surface area contributed by atoms with Crippen molar-refractivity contribution in [2.45, 2.75) is 13.0 Å². The third-order valence-corrected chi connectivity index (χ3v) is 5.57. The highest BCUT2D eigenvalue weighted by atomic mass is 32.2. The summed E-state index contributed by atoms with van der Waals surface area (Å²) < 4.78 is 27.0. The summed E-state index contributed by atoms with van der Waals surface area (Å²) in [5.41, 5.74) is 2.00. The van der Waals surface area contributed by atoms with Crippen molar-refractivity contribution in [3.63, 3.8) is 0 Å². The lowest BCUT2D eigenvalue weighted by Crippen LogP contribution is -2.28. The molecule has 2 aromatic rings. The van der Waals surface area contributed by atoms with E-state index >= 15 is 0 Å². The van der Waals surface area contributed by atoms with Crippen LogP contribution in [-0.4, -0.2) is 36.5 Å². The lowest BCUT2D eigenvalue weighted by atomic mass is 10.2. The molecule has 2 amide bonds. The van der Waals surface area contributed by atoms with Crippen molar-refractivity contribution in [3.8, 4) is 0 Å². The summed E-state index contributed by atoms with van der Waals surface area (Å²) in [6, 6.07) is 6.46. The van der Waals surface area contributed by atoms with Crippen molar-refractivity contribution in [2.24, 2.45) is 7.05 Å². The fourth-order valence-corrected chi connectivity index (χ4v) is 4.15. The predicted molar refractivity (Wildman–Crippen MR) is 91.3 cm³/mol. The topological polar surface area (TPSA) is 96.3 Å². The molecule has 0 spiro atoms. The molecule has 2 N–H and O–H groups in total. The van der Waals surface area contributed by atoms with E-state index in [0.29, 0.717) is 30.9 Å². The molecule has 128 valence electrons. The second-order valence-corrected chi connectivity index (χ2v) is 7.63. The van der Waals surface area contributed by atoms with Crippen molar-refractivity contribution >= 4 is 27.4 Å².